The Hall–Kier alpha value is -2.42. The molecule has 0 bridgehead atoms. The Morgan fingerprint density at radius 1 is 1.15 bits per heavy atom. The monoisotopic (exact) mass is 361 g/mol. The van der Waals surface area contributed by atoms with Gasteiger partial charge in [-0.25, -0.2) is 9.78 Å². The molecule has 1 aromatic rings. The Kier molecular flexibility index (Phi) is 5.26. The molecule has 142 valence electrons. The minimum absolute atomic E-state index is 0.127. The van der Waals surface area contributed by atoms with Crippen molar-refractivity contribution in [1.29, 1.82) is 0 Å². The zero-order chi connectivity index (χ0) is 18.8. The van der Waals surface area contributed by atoms with Crippen molar-refractivity contribution < 1.29 is 9.59 Å². The van der Waals surface area contributed by atoms with Crippen LogP contribution >= 0.6 is 0 Å². The fourth-order valence-corrected chi connectivity index (χ4v) is 3.46. The normalized spacial score (nSPS) is 22.2. The molecule has 2 aliphatic heterocycles. The van der Waals surface area contributed by atoms with Gasteiger partial charge < -0.3 is 15.1 Å². The maximum atomic E-state index is 12.2. The standard InChI is InChI=1S/C17H27N7O2/c1-5-18-13-10-12(2)19-16(20-13)24-8-6-23(7-9-24)14-11-15(25)22(4)17(26)21(14)3/h10,14H,5-9,11H2,1-4H3,(H,18,19,20). The molecule has 0 aromatic carbocycles. The highest BCUT2D eigenvalue weighted by atomic mass is 16.2. The van der Waals surface area contributed by atoms with Crippen LogP contribution in [-0.2, 0) is 4.79 Å². The van der Waals surface area contributed by atoms with Crippen molar-refractivity contribution in [1.82, 2.24) is 24.7 Å². The van der Waals surface area contributed by atoms with Gasteiger partial charge in [0.2, 0.25) is 11.9 Å². The summed E-state index contributed by atoms with van der Waals surface area (Å²) in [5.41, 5.74) is 0.930. The summed E-state index contributed by atoms with van der Waals surface area (Å²) in [6.07, 6.45) is 0.161. The van der Waals surface area contributed by atoms with E-state index >= 15 is 0 Å². The smallest absolute Gasteiger partial charge is 0.327 e. The fourth-order valence-electron chi connectivity index (χ4n) is 3.46. The molecule has 26 heavy (non-hydrogen) atoms. The maximum Gasteiger partial charge on any atom is 0.327 e. The molecular weight excluding hydrogens is 334 g/mol. The summed E-state index contributed by atoms with van der Waals surface area (Å²) in [5, 5.41) is 3.23. The van der Waals surface area contributed by atoms with E-state index in [-0.39, 0.29) is 18.1 Å². The number of carbonyl (C=O) groups is 2. The van der Waals surface area contributed by atoms with Gasteiger partial charge in [-0.15, -0.1) is 0 Å². The van der Waals surface area contributed by atoms with Crippen molar-refractivity contribution in [3.63, 3.8) is 0 Å². The highest BCUT2D eigenvalue weighted by Crippen LogP contribution is 2.21. The third kappa shape index (κ3) is 3.57. The number of hydrogen-bond acceptors (Lipinski definition) is 7. The zero-order valence-electron chi connectivity index (χ0n) is 15.9. The number of amides is 3. The Bertz CT molecular complexity index is 688. The number of imide groups is 1. The predicted octanol–water partition coefficient (Wildman–Crippen LogP) is 0.579. The lowest BCUT2D eigenvalue weighted by Crippen LogP contribution is -2.62. The van der Waals surface area contributed by atoms with Crippen molar-refractivity contribution in [3.05, 3.63) is 11.8 Å². The molecule has 3 amide bonds. The first kappa shape index (κ1) is 18.4. The van der Waals surface area contributed by atoms with Crippen molar-refractivity contribution in [3.8, 4) is 0 Å². The number of urea groups is 1. The Labute approximate surface area is 154 Å². The number of anilines is 2. The van der Waals surface area contributed by atoms with E-state index in [2.05, 4.69) is 25.1 Å². The van der Waals surface area contributed by atoms with Gasteiger partial charge in [0.25, 0.3) is 0 Å². The summed E-state index contributed by atoms with van der Waals surface area (Å²) in [7, 11) is 3.29. The Morgan fingerprint density at radius 3 is 2.50 bits per heavy atom. The van der Waals surface area contributed by atoms with Crippen LogP contribution in [0.5, 0.6) is 0 Å². The third-order valence-electron chi connectivity index (χ3n) is 4.99. The van der Waals surface area contributed by atoms with Crippen LogP contribution in [0.15, 0.2) is 6.07 Å². The predicted molar refractivity (Wildman–Crippen MR) is 99.1 cm³/mol. The lowest BCUT2D eigenvalue weighted by atomic mass is 10.1. The van der Waals surface area contributed by atoms with E-state index in [1.54, 1.807) is 11.9 Å². The van der Waals surface area contributed by atoms with E-state index in [1.165, 1.54) is 11.9 Å². The first-order chi connectivity index (χ1) is 12.4. The summed E-state index contributed by atoms with van der Waals surface area (Å²) in [4.78, 5) is 40.6. The first-order valence-corrected chi connectivity index (χ1v) is 9.02. The summed E-state index contributed by atoms with van der Waals surface area (Å²) >= 11 is 0. The highest BCUT2D eigenvalue weighted by molar-refractivity contribution is 5.96. The molecule has 0 radical (unpaired) electrons. The van der Waals surface area contributed by atoms with E-state index in [0.717, 1.165) is 50.2 Å². The van der Waals surface area contributed by atoms with E-state index in [1.807, 2.05) is 19.9 Å². The lowest BCUT2D eigenvalue weighted by molar-refractivity contribution is -0.134. The molecule has 3 heterocycles. The van der Waals surface area contributed by atoms with Crippen LogP contribution in [0.2, 0.25) is 0 Å². The van der Waals surface area contributed by atoms with Gasteiger partial charge in [-0.3, -0.25) is 14.6 Å². The van der Waals surface area contributed by atoms with Gasteiger partial charge in [-0.1, -0.05) is 0 Å². The van der Waals surface area contributed by atoms with Crippen LogP contribution in [0, 0.1) is 6.92 Å². The summed E-state index contributed by atoms with van der Waals surface area (Å²) in [5.74, 6) is 1.44. The zero-order valence-corrected chi connectivity index (χ0v) is 15.9. The SMILES string of the molecule is CCNc1cc(C)nc(N2CCN(C3CC(=O)N(C)C(=O)N3C)CC2)n1. The van der Waals surface area contributed by atoms with Crippen molar-refractivity contribution in [2.45, 2.75) is 26.4 Å². The number of carbonyl (C=O) groups excluding carboxylic acids is 2. The summed E-state index contributed by atoms with van der Waals surface area (Å²) in [6, 6.07) is 1.69. The summed E-state index contributed by atoms with van der Waals surface area (Å²) in [6.45, 7) is 7.85. The number of aryl methyl sites for hydroxylation is 1. The molecule has 1 aromatic heterocycles. The molecule has 0 aliphatic carbocycles. The molecule has 2 aliphatic rings. The molecule has 1 N–H and O–H groups in total. The average molecular weight is 361 g/mol. The van der Waals surface area contributed by atoms with Crippen LogP contribution in [0.25, 0.3) is 0 Å². The van der Waals surface area contributed by atoms with Crippen LogP contribution in [0.4, 0.5) is 16.6 Å². The van der Waals surface area contributed by atoms with Crippen LogP contribution in [0.1, 0.15) is 19.0 Å². The van der Waals surface area contributed by atoms with Gasteiger partial charge >= 0.3 is 6.03 Å². The molecule has 9 nitrogen and oxygen atoms in total. The van der Waals surface area contributed by atoms with Gasteiger partial charge in [0.15, 0.2) is 0 Å². The molecule has 2 saturated heterocycles. The Balaban J connectivity index is 1.66. The van der Waals surface area contributed by atoms with Gasteiger partial charge in [0, 0.05) is 58.6 Å². The Morgan fingerprint density at radius 2 is 1.85 bits per heavy atom. The summed E-state index contributed by atoms with van der Waals surface area (Å²) < 4.78 is 0. The van der Waals surface area contributed by atoms with Gasteiger partial charge in [-0.2, -0.15) is 4.98 Å². The number of nitrogens with one attached hydrogen (secondary N) is 1. The lowest BCUT2D eigenvalue weighted by Gasteiger charge is -2.45. The van der Waals surface area contributed by atoms with Crippen LogP contribution in [-0.4, -0.2) is 89.6 Å². The van der Waals surface area contributed by atoms with Gasteiger partial charge in [0.05, 0.1) is 12.6 Å². The second-order valence-corrected chi connectivity index (χ2v) is 6.78. The first-order valence-electron chi connectivity index (χ1n) is 9.02. The fraction of sp³-hybridized carbons (Fsp3) is 0.647. The molecule has 1 unspecified atom stereocenters. The molecule has 0 spiro atoms. The number of piperazine rings is 1. The third-order valence-corrected chi connectivity index (χ3v) is 4.99. The van der Waals surface area contributed by atoms with E-state index in [0.29, 0.717) is 6.42 Å². The quantitative estimate of drug-likeness (QED) is 0.840. The molecular formula is C17H27N7O2. The minimum atomic E-state index is -0.244. The van der Waals surface area contributed by atoms with Crippen molar-refractivity contribution >= 4 is 23.7 Å². The minimum Gasteiger partial charge on any atom is -0.370 e. The largest absolute Gasteiger partial charge is 0.370 e. The van der Waals surface area contributed by atoms with E-state index < -0.39 is 0 Å². The number of nitrogens with zero attached hydrogens (tertiary/aromatic N) is 6. The van der Waals surface area contributed by atoms with Gasteiger partial charge in [0.1, 0.15) is 5.82 Å². The molecule has 9 heteroatoms. The molecule has 2 fully saturated rings. The van der Waals surface area contributed by atoms with Crippen molar-refractivity contribution in [2.24, 2.45) is 0 Å². The molecule has 3 rings (SSSR count). The molecule has 1 atom stereocenters. The van der Waals surface area contributed by atoms with E-state index in [4.69, 9.17) is 0 Å². The number of aromatic nitrogens is 2. The highest BCUT2D eigenvalue weighted by Gasteiger charge is 2.38. The second kappa shape index (κ2) is 7.45. The number of rotatable bonds is 4. The number of hydrogen-bond donors (Lipinski definition) is 1. The van der Waals surface area contributed by atoms with E-state index in [9.17, 15) is 9.59 Å². The second-order valence-electron chi connectivity index (χ2n) is 6.78. The average Bonchev–Trinajstić information content (AvgIpc) is 2.63. The van der Waals surface area contributed by atoms with Crippen LogP contribution < -0.4 is 10.2 Å². The van der Waals surface area contributed by atoms with Crippen molar-refractivity contribution in [2.75, 3.05) is 57.0 Å². The van der Waals surface area contributed by atoms with Gasteiger partial charge in [-0.05, 0) is 13.8 Å². The van der Waals surface area contributed by atoms with Crippen LogP contribution in [0.3, 0.4) is 0 Å². The topological polar surface area (TPSA) is 84.9 Å². The maximum absolute atomic E-state index is 12.2. The molecule has 0 saturated carbocycles.